The summed E-state index contributed by atoms with van der Waals surface area (Å²) in [7, 11) is 1.37. The molecule has 0 atom stereocenters. The molecule has 0 aliphatic heterocycles. The fourth-order valence-corrected chi connectivity index (χ4v) is 1.91. The van der Waals surface area contributed by atoms with E-state index in [0.717, 1.165) is 16.5 Å². The third-order valence-corrected chi connectivity index (χ3v) is 2.69. The number of aromatic nitrogens is 1. The Morgan fingerprint density at radius 2 is 2.19 bits per heavy atom. The number of pyridine rings is 1. The molecule has 16 heavy (non-hydrogen) atoms. The predicted octanol–water partition coefficient (Wildman–Crippen LogP) is 2.61. The second kappa shape index (κ2) is 4.45. The van der Waals surface area contributed by atoms with Crippen LogP contribution in [0.15, 0.2) is 30.3 Å². The van der Waals surface area contributed by atoms with Crippen LogP contribution in [0.5, 0.6) is 0 Å². The number of benzene rings is 1. The molecular weight excluding hydrogens is 222 g/mol. The van der Waals surface area contributed by atoms with Gasteiger partial charge in [-0.05, 0) is 11.5 Å². The highest BCUT2D eigenvalue weighted by molar-refractivity contribution is 7.71. The Morgan fingerprint density at radius 1 is 1.44 bits per heavy atom. The number of ether oxygens (including phenoxy) is 1. The van der Waals surface area contributed by atoms with E-state index in [2.05, 4.69) is 9.72 Å². The molecule has 0 aliphatic rings. The van der Waals surface area contributed by atoms with Gasteiger partial charge in [-0.15, -0.1) is 0 Å². The Kier molecular flexibility index (Phi) is 3.01. The average molecular weight is 233 g/mol. The summed E-state index contributed by atoms with van der Waals surface area (Å²) in [4.78, 5) is 14.2. The van der Waals surface area contributed by atoms with Crippen molar-refractivity contribution in [1.82, 2.24) is 4.98 Å². The van der Waals surface area contributed by atoms with Crippen LogP contribution in [-0.4, -0.2) is 18.1 Å². The molecule has 0 aliphatic carbocycles. The Bertz CT molecular complexity index is 589. The third-order valence-electron chi connectivity index (χ3n) is 2.37. The van der Waals surface area contributed by atoms with Crippen molar-refractivity contribution in [3.63, 3.8) is 0 Å². The molecule has 3 nitrogen and oxygen atoms in total. The Hall–Kier alpha value is -1.68. The molecule has 1 N–H and O–H groups in total. The first-order valence-electron chi connectivity index (χ1n) is 4.88. The molecular formula is C12H11NO2S. The van der Waals surface area contributed by atoms with Crippen LogP contribution < -0.4 is 0 Å². The molecule has 0 saturated carbocycles. The number of H-pyrrole nitrogens is 1. The minimum absolute atomic E-state index is 0.213. The fourth-order valence-electron chi connectivity index (χ4n) is 1.59. The first-order chi connectivity index (χ1) is 7.70. The summed E-state index contributed by atoms with van der Waals surface area (Å²) in [5.41, 5.74) is 0.774. The summed E-state index contributed by atoms with van der Waals surface area (Å²) in [5, 5.41) is 2.02. The van der Waals surface area contributed by atoms with Gasteiger partial charge in [0.1, 0.15) is 4.64 Å². The quantitative estimate of drug-likeness (QED) is 0.640. The van der Waals surface area contributed by atoms with Crippen LogP contribution in [0.1, 0.15) is 5.69 Å². The van der Waals surface area contributed by atoms with E-state index in [1.807, 2.05) is 30.3 Å². The lowest BCUT2D eigenvalue weighted by Crippen LogP contribution is -2.06. The van der Waals surface area contributed by atoms with Gasteiger partial charge >= 0.3 is 5.97 Å². The van der Waals surface area contributed by atoms with Gasteiger partial charge in [-0.1, -0.05) is 36.5 Å². The minimum Gasteiger partial charge on any atom is -0.469 e. The number of hydrogen-bond acceptors (Lipinski definition) is 3. The van der Waals surface area contributed by atoms with Gasteiger partial charge in [-0.25, -0.2) is 0 Å². The van der Waals surface area contributed by atoms with E-state index in [1.165, 1.54) is 7.11 Å². The molecule has 0 amide bonds. The van der Waals surface area contributed by atoms with Gasteiger partial charge in [0.2, 0.25) is 0 Å². The summed E-state index contributed by atoms with van der Waals surface area (Å²) in [6.07, 6.45) is 0.213. The van der Waals surface area contributed by atoms with Gasteiger partial charge in [0, 0.05) is 11.1 Å². The normalized spacial score (nSPS) is 10.3. The van der Waals surface area contributed by atoms with Crippen molar-refractivity contribution in [2.45, 2.75) is 6.42 Å². The number of carbonyl (C=O) groups excluding carboxylic acids is 1. The lowest BCUT2D eigenvalue weighted by atomic mass is 10.1. The van der Waals surface area contributed by atoms with E-state index < -0.39 is 0 Å². The summed E-state index contributed by atoms with van der Waals surface area (Å²) in [6.45, 7) is 0. The van der Waals surface area contributed by atoms with Crippen LogP contribution in [0, 0.1) is 4.64 Å². The zero-order valence-corrected chi connectivity index (χ0v) is 9.64. The summed E-state index contributed by atoms with van der Waals surface area (Å²) < 4.78 is 5.26. The van der Waals surface area contributed by atoms with Crippen LogP contribution >= 0.6 is 12.2 Å². The predicted molar refractivity (Wildman–Crippen MR) is 64.9 cm³/mol. The molecule has 1 aromatic carbocycles. The number of aromatic amines is 1. The van der Waals surface area contributed by atoms with E-state index in [-0.39, 0.29) is 12.4 Å². The van der Waals surface area contributed by atoms with Crippen molar-refractivity contribution in [3.05, 3.63) is 40.7 Å². The molecule has 0 fully saturated rings. The molecule has 2 aromatic rings. The molecule has 0 radical (unpaired) electrons. The van der Waals surface area contributed by atoms with E-state index in [9.17, 15) is 4.79 Å². The summed E-state index contributed by atoms with van der Waals surface area (Å²) in [5.74, 6) is -0.277. The average Bonchev–Trinajstić information content (AvgIpc) is 2.29. The van der Waals surface area contributed by atoms with Crippen molar-refractivity contribution in [2.75, 3.05) is 7.11 Å². The number of hydrogen-bond donors (Lipinski definition) is 1. The Labute approximate surface area is 98.1 Å². The van der Waals surface area contributed by atoms with Crippen molar-refractivity contribution in [2.24, 2.45) is 0 Å². The van der Waals surface area contributed by atoms with Gasteiger partial charge in [0.05, 0.1) is 13.5 Å². The van der Waals surface area contributed by atoms with E-state index in [4.69, 9.17) is 12.2 Å². The fraction of sp³-hybridized carbons (Fsp3) is 0.167. The summed E-state index contributed by atoms with van der Waals surface area (Å²) in [6, 6.07) is 9.73. The standard InChI is InChI=1S/C12H11NO2S/c1-15-11(14)7-9-6-8-4-2-3-5-10(8)12(16)13-9/h2-6H,7H2,1H3,(H,13,16). The smallest absolute Gasteiger partial charge is 0.311 e. The lowest BCUT2D eigenvalue weighted by Gasteiger charge is -2.03. The molecule has 0 unspecified atom stereocenters. The molecule has 82 valence electrons. The Balaban J connectivity index is 2.50. The highest BCUT2D eigenvalue weighted by Crippen LogP contribution is 2.15. The van der Waals surface area contributed by atoms with Gasteiger partial charge in [0.15, 0.2) is 0 Å². The summed E-state index contributed by atoms with van der Waals surface area (Å²) >= 11 is 5.22. The van der Waals surface area contributed by atoms with Crippen LogP contribution in [-0.2, 0) is 16.0 Å². The van der Waals surface area contributed by atoms with Gasteiger partial charge in [-0.2, -0.15) is 0 Å². The second-order valence-corrected chi connectivity index (χ2v) is 3.87. The maximum absolute atomic E-state index is 11.2. The molecule has 0 spiro atoms. The van der Waals surface area contributed by atoms with Crippen molar-refractivity contribution < 1.29 is 9.53 Å². The van der Waals surface area contributed by atoms with E-state index in [1.54, 1.807) is 0 Å². The largest absolute Gasteiger partial charge is 0.469 e. The number of methoxy groups -OCH3 is 1. The van der Waals surface area contributed by atoms with Gasteiger partial charge in [-0.3, -0.25) is 4.79 Å². The maximum Gasteiger partial charge on any atom is 0.311 e. The lowest BCUT2D eigenvalue weighted by molar-refractivity contribution is -0.139. The van der Waals surface area contributed by atoms with Crippen LogP contribution in [0.25, 0.3) is 10.8 Å². The number of fused-ring (bicyclic) bond motifs is 1. The van der Waals surface area contributed by atoms with E-state index in [0.29, 0.717) is 4.64 Å². The van der Waals surface area contributed by atoms with Crippen LogP contribution in [0.4, 0.5) is 0 Å². The highest BCUT2D eigenvalue weighted by Gasteiger charge is 2.04. The van der Waals surface area contributed by atoms with E-state index >= 15 is 0 Å². The van der Waals surface area contributed by atoms with Crippen molar-refractivity contribution >= 4 is 29.0 Å². The maximum atomic E-state index is 11.2. The topological polar surface area (TPSA) is 42.1 Å². The number of carbonyl (C=O) groups is 1. The van der Waals surface area contributed by atoms with Gasteiger partial charge in [0.25, 0.3) is 0 Å². The van der Waals surface area contributed by atoms with Crippen LogP contribution in [0.3, 0.4) is 0 Å². The zero-order valence-electron chi connectivity index (χ0n) is 8.82. The van der Waals surface area contributed by atoms with Crippen molar-refractivity contribution in [1.29, 1.82) is 0 Å². The first kappa shape index (κ1) is 10.8. The molecule has 0 bridgehead atoms. The molecule has 1 aromatic heterocycles. The third kappa shape index (κ3) is 2.12. The molecule has 0 saturated heterocycles. The monoisotopic (exact) mass is 233 g/mol. The number of nitrogens with one attached hydrogen (secondary N) is 1. The zero-order chi connectivity index (χ0) is 11.5. The second-order valence-electron chi connectivity index (χ2n) is 3.46. The van der Waals surface area contributed by atoms with Crippen LogP contribution in [0.2, 0.25) is 0 Å². The number of esters is 1. The number of rotatable bonds is 2. The Morgan fingerprint density at radius 3 is 2.94 bits per heavy atom. The highest BCUT2D eigenvalue weighted by atomic mass is 32.1. The molecule has 1 heterocycles. The minimum atomic E-state index is -0.277. The first-order valence-corrected chi connectivity index (χ1v) is 5.29. The molecule has 4 heteroatoms. The van der Waals surface area contributed by atoms with Crippen molar-refractivity contribution in [3.8, 4) is 0 Å². The van der Waals surface area contributed by atoms with Gasteiger partial charge < -0.3 is 9.72 Å². The SMILES string of the molecule is COC(=O)Cc1cc2ccccc2c(=S)[nH]1. The molecule has 2 rings (SSSR count).